The van der Waals surface area contributed by atoms with Gasteiger partial charge in [-0.3, -0.25) is 9.59 Å². The number of benzene rings is 2. The van der Waals surface area contributed by atoms with Crippen molar-refractivity contribution in [2.75, 3.05) is 10.6 Å². The van der Waals surface area contributed by atoms with Crippen molar-refractivity contribution in [3.05, 3.63) is 57.5 Å². The largest absolute Gasteiger partial charge is 0.326 e. The van der Waals surface area contributed by atoms with E-state index in [0.29, 0.717) is 26.4 Å². The molecular weight excluding hydrogens is 347 g/mol. The van der Waals surface area contributed by atoms with Crippen molar-refractivity contribution in [2.24, 2.45) is 0 Å². The maximum absolute atomic E-state index is 11.8. The number of hydrogen-bond donors (Lipinski definition) is 2. The van der Waals surface area contributed by atoms with E-state index in [4.69, 9.17) is 34.8 Å². The van der Waals surface area contributed by atoms with Gasteiger partial charge in [-0.2, -0.15) is 0 Å². The Morgan fingerprint density at radius 2 is 1.45 bits per heavy atom. The van der Waals surface area contributed by atoms with Crippen LogP contribution < -0.4 is 10.6 Å². The summed E-state index contributed by atoms with van der Waals surface area (Å²) in [6, 6.07) is 11.4. The molecule has 2 rings (SSSR count). The van der Waals surface area contributed by atoms with E-state index < -0.39 is 11.8 Å². The van der Waals surface area contributed by atoms with Gasteiger partial charge in [0.05, 0.1) is 10.7 Å². The molecule has 114 valence electrons. The van der Waals surface area contributed by atoms with Crippen LogP contribution in [0.15, 0.2) is 42.5 Å². The van der Waals surface area contributed by atoms with Gasteiger partial charge in [-0.15, -0.1) is 0 Å². The first-order valence-electron chi connectivity index (χ1n) is 6.24. The second kappa shape index (κ2) is 7.49. The zero-order valence-electron chi connectivity index (χ0n) is 11.2. The number of nitrogens with one attached hydrogen (secondary N) is 2. The fourth-order valence-electron chi connectivity index (χ4n) is 1.73. The second-order valence-electron chi connectivity index (χ2n) is 4.41. The summed E-state index contributed by atoms with van der Waals surface area (Å²) in [6.45, 7) is 0. The van der Waals surface area contributed by atoms with Gasteiger partial charge in [0.15, 0.2) is 0 Å². The quantitative estimate of drug-likeness (QED) is 0.785. The van der Waals surface area contributed by atoms with Gasteiger partial charge in [-0.25, -0.2) is 0 Å². The lowest BCUT2D eigenvalue weighted by Crippen LogP contribution is -2.21. The van der Waals surface area contributed by atoms with E-state index in [9.17, 15) is 9.59 Å². The SMILES string of the molecule is O=C(CC(=O)Nc1ccccc1Cl)Nc1cc(Cl)cc(Cl)c1. The topological polar surface area (TPSA) is 58.2 Å². The summed E-state index contributed by atoms with van der Waals surface area (Å²) in [5, 5.41) is 6.30. The smallest absolute Gasteiger partial charge is 0.233 e. The second-order valence-corrected chi connectivity index (χ2v) is 5.69. The zero-order chi connectivity index (χ0) is 16.1. The highest BCUT2D eigenvalue weighted by molar-refractivity contribution is 6.35. The summed E-state index contributed by atoms with van der Waals surface area (Å²) < 4.78 is 0. The Bertz CT molecular complexity index is 699. The Morgan fingerprint density at radius 1 is 0.864 bits per heavy atom. The first kappa shape index (κ1) is 16.6. The minimum Gasteiger partial charge on any atom is -0.326 e. The lowest BCUT2D eigenvalue weighted by molar-refractivity contribution is -0.123. The molecule has 22 heavy (non-hydrogen) atoms. The van der Waals surface area contributed by atoms with Gasteiger partial charge in [0.25, 0.3) is 0 Å². The third-order valence-electron chi connectivity index (χ3n) is 2.62. The van der Waals surface area contributed by atoms with Crippen LogP contribution in [0.2, 0.25) is 15.1 Å². The molecule has 0 aromatic heterocycles. The summed E-state index contributed by atoms with van der Waals surface area (Å²) in [6.07, 6.45) is -0.352. The van der Waals surface area contributed by atoms with Crippen molar-refractivity contribution in [3.63, 3.8) is 0 Å². The molecule has 0 atom stereocenters. The van der Waals surface area contributed by atoms with E-state index in [1.54, 1.807) is 30.3 Å². The predicted molar refractivity (Wildman–Crippen MR) is 89.8 cm³/mol. The Hall–Kier alpha value is -1.75. The molecule has 0 aliphatic rings. The summed E-state index contributed by atoms with van der Waals surface area (Å²) in [7, 11) is 0. The molecule has 4 nitrogen and oxygen atoms in total. The monoisotopic (exact) mass is 356 g/mol. The number of anilines is 2. The number of para-hydroxylation sites is 1. The molecule has 2 aromatic carbocycles. The molecule has 0 fully saturated rings. The minimum absolute atomic E-state index is 0.352. The molecule has 0 saturated carbocycles. The van der Waals surface area contributed by atoms with Crippen LogP contribution in [0, 0.1) is 0 Å². The molecular formula is C15H11Cl3N2O2. The van der Waals surface area contributed by atoms with Crippen molar-refractivity contribution in [3.8, 4) is 0 Å². The molecule has 0 heterocycles. The first-order chi connectivity index (χ1) is 10.4. The van der Waals surface area contributed by atoms with E-state index in [1.807, 2.05) is 0 Å². The minimum atomic E-state index is -0.483. The van der Waals surface area contributed by atoms with E-state index in [1.165, 1.54) is 12.1 Å². The van der Waals surface area contributed by atoms with E-state index in [2.05, 4.69) is 10.6 Å². The highest BCUT2D eigenvalue weighted by Gasteiger charge is 2.12. The molecule has 2 N–H and O–H groups in total. The van der Waals surface area contributed by atoms with E-state index in [0.717, 1.165) is 0 Å². The molecule has 0 unspecified atom stereocenters. The molecule has 0 aliphatic carbocycles. The number of hydrogen-bond acceptors (Lipinski definition) is 2. The number of rotatable bonds is 4. The zero-order valence-corrected chi connectivity index (χ0v) is 13.5. The third-order valence-corrected chi connectivity index (χ3v) is 3.38. The molecule has 0 aliphatic heterocycles. The van der Waals surface area contributed by atoms with Crippen molar-refractivity contribution >= 4 is 58.0 Å². The van der Waals surface area contributed by atoms with Crippen molar-refractivity contribution in [2.45, 2.75) is 6.42 Å². The van der Waals surface area contributed by atoms with Gasteiger partial charge in [-0.05, 0) is 30.3 Å². The fraction of sp³-hybridized carbons (Fsp3) is 0.0667. The Morgan fingerprint density at radius 3 is 2.09 bits per heavy atom. The van der Waals surface area contributed by atoms with Crippen LogP contribution in [-0.4, -0.2) is 11.8 Å². The van der Waals surface area contributed by atoms with Crippen molar-refractivity contribution in [1.29, 1.82) is 0 Å². The van der Waals surface area contributed by atoms with Crippen LogP contribution in [0.1, 0.15) is 6.42 Å². The Kier molecular flexibility index (Phi) is 5.66. The summed E-state index contributed by atoms with van der Waals surface area (Å²) in [5.41, 5.74) is 0.876. The lowest BCUT2D eigenvalue weighted by Gasteiger charge is -2.08. The molecule has 7 heteroatoms. The molecule has 0 spiro atoms. The number of halogens is 3. The molecule has 0 bridgehead atoms. The van der Waals surface area contributed by atoms with Gasteiger partial charge in [0.1, 0.15) is 6.42 Å². The molecule has 2 aromatic rings. The van der Waals surface area contributed by atoms with Crippen LogP contribution >= 0.6 is 34.8 Å². The van der Waals surface area contributed by atoms with Crippen LogP contribution in [0.3, 0.4) is 0 Å². The van der Waals surface area contributed by atoms with Crippen molar-refractivity contribution < 1.29 is 9.59 Å². The summed E-state index contributed by atoms with van der Waals surface area (Å²) in [4.78, 5) is 23.6. The summed E-state index contributed by atoms with van der Waals surface area (Å²) >= 11 is 17.6. The molecule has 0 saturated heterocycles. The van der Waals surface area contributed by atoms with Gasteiger partial charge in [-0.1, -0.05) is 46.9 Å². The number of carbonyl (C=O) groups is 2. The summed E-state index contributed by atoms with van der Waals surface area (Å²) in [5.74, 6) is -0.957. The van der Waals surface area contributed by atoms with Crippen molar-refractivity contribution in [1.82, 2.24) is 0 Å². The lowest BCUT2D eigenvalue weighted by atomic mass is 10.2. The Labute approximate surface area is 142 Å². The standard InChI is InChI=1S/C15H11Cl3N2O2/c16-9-5-10(17)7-11(6-9)19-14(21)8-15(22)20-13-4-2-1-3-12(13)18/h1-7H,8H2,(H,19,21)(H,20,22). The van der Waals surface area contributed by atoms with Crippen LogP contribution in [0.4, 0.5) is 11.4 Å². The third kappa shape index (κ3) is 4.91. The first-order valence-corrected chi connectivity index (χ1v) is 7.38. The van der Waals surface area contributed by atoms with Gasteiger partial charge in [0.2, 0.25) is 11.8 Å². The normalized spacial score (nSPS) is 10.1. The molecule has 2 amide bonds. The number of carbonyl (C=O) groups excluding carboxylic acids is 2. The fourth-order valence-corrected chi connectivity index (χ4v) is 2.44. The van der Waals surface area contributed by atoms with E-state index in [-0.39, 0.29) is 6.42 Å². The molecule has 0 radical (unpaired) electrons. The average molecular weight is 358 g/mol. The average Bonchev–Trinajstić information content (AvgIpc) is 2.39. The van der Waals surface area contributed by atoms with Gasteiger partial charge >= 0.3 is 0 Å². The highest BCUT2D eigenvalue weighted by Crippen LogP contribution is 2.23. The highest BCUT2D eigenvalue weighted by atomic mass is 35.5. The van der Waals surface area contributed by atoms with Crippen LogP contribution in [0.5, 0.6) is 0 Å². The van der Waals surface area contributed by atoms with Gasteiger partial charge < -0.3 is 10.6 Å². The van der Waals surface area contributed by atoms with E-state index >= 15 is 0 Å². The van der Waals surface area contributed by atoms with Crippen LogP contribution in [-0.2, 0) is 9.59 Å². The van der Waals surface area contributed by atoms with Crippen LogP contribution in [0.25, 0.3) is 0 Å². The Balaban J connectivity index is 1.94. The maximum atomic E-state index is 11.8. The maximum Gasteiger partial charge on any atom is 0.233 e. The van der Waals surface area contributed by atoms with Gasteiger partial charge in [0, 0.05) is 15.7 Å². The predicted octanol–water partition coefficient (Wildman–Crippen LogP) is 4.61. The number of amides is 2.